The van der Waals surface area contributed by atoms with Gasteiger partial charge in [-0.1, -0.05) is 43.5 Å². The monoisotopic (exact) mass is 835 g/mol. The molecule has 0 radical (unpaired) electrons. The summed E-state index contributed by atoms with van der Waals surface area (Å²) >= 11 is 0. The number of nitrogens with two attached hydrogens (primary N) is 2. The van der Waals surface area contributed by atoms with E-state index in [1.807, 2.05) is 77.9 Å². The zero-order valence-corrected chi connectivity index (χ0v) is 36.8. The fourth-order valence-corrected chi connectivity index (χ4v) is 9.57. The average molecular weight is 836 g/mol. The lowest BCUT2D eigenvalue weighted by atomic mass is 9.84. The molecule has 0 aromatic heterocycles. The van der Waals surface area contributed by atoms with Crippen LogP contribution in [-0.4, -0.2) is 70.2 Å². The summed E-state index contributed by atoms with van der Waals surface area (Å²) in [5.41, 5.74) is 18.5. The third kappa shape index (κ3) is 10.2. The van der Waals surface area contributed by atoms with Gasteiger partial charge in [0.1, 0.15) is 23.3 Å². The number of benzene rings is 3. The van der Waals surface area contributed by atoms with Crippen molar-refractivity contribution in [3.63, 3.8) is 0 Å². The Morgan fingerprint density at radius 3 is 1.39 bits per heavy atom. The Kier molecular flexibility index (Phi) is 12.8. The van der Waals surface area contributed by atoms with Crippen LogP contribution in [0.15, 0.2) is 60.7 Å². The quantitative estimate of drug-likeness (QED) is 0.161. The molecular formula is C48H65N7O6. The maximum atomic E-state index is 13.6. The lowest BCUT2D eigenvalue weighted by Crippen LogP contribution is -2.45. The van der Waals surface area contributed by atoms with E-state index >= 15 is 0 Å². The molecule has 13 heteroatoms. The van der Waals surface area contributed by atoms with Crippen LogP contribution in [0.3, 0.4) is 0 Å². The lowest BCUT2D eigenvalue weighted by molar-refractivity contribution is -0.121. The molecule has 0 spiro atoms. The second-order valence-electron chi connectivity index (χ2n) is 19.3. The van der Waals surface area contributed by atoms with Crippen LogP contribution in [0.1, 0.15) is 147 Å². The topological polar surface area (TPSA) is 173 Å². The Labute approximate surface area is 360 Å². The van der Waals surface area contributed by atoms with Crippen LogP contribution < -0.4 is 27.0 Å². The molecule has 4 aliphatic rings. The number of carbonyl (C=O) groups excluding carboxylic acids is 4. The standard InChI is InChI=1S/C48H65N7O6/c1-47(2,3)60-45(58)53-26-10-14-41(53)43(56)51-37-22-18-32(28-35(37)49)39-24-25-40(55(39)34-20-16-31(17-21-34)30-12-8-7-9-13-30)33-19-23-38(36(50)29-33)52-44(57)42-15-11-27-54(42)46(59)61-48(4,5)6/h16-23,28-30,39-42H,7-15,24-27,49-50H2,1-6H3,(H,51,56)(H,52,57)/t39-,40-,41+,42+/m1/s1. The minimum atomic E-state index is -0.664. The van der Waals surface area contributed by atoms with Crippen LogP contribution in [0.5, 0.6) is 0 Å². The van der Waals surface area contributed by atoms with Crippen LogP contribution in [0.2, 0.25) is 0 Å². The Morgan fingerprint density at radius 1 is 0.557 bits per heavy atom. The molecule has 1 aliphatic carbocycles. The summed E-state index contributed by atoms with van der Waals surface area (Å²) < 4.78 is 11.2. The molecule has 3 heterocycles. The van der Waals surface area contributed by atoms with E-state index < -0.39 is 35.5 Å². The number of hydrogen-bond donors (Lipinski definition) is 4. The summed E-state index contributed by atoms with van der Waals surface area (Å²) in [6.07, 6.45) is 9.50. The molecule has 328 valence electrons. The van der Waals surface area contributed by atoms with E-state index in [1.165, 1.54) is 47.5 Å². The molecule has 7 rings (SSSR count). The Bertz CT molecular complexity index is 1970. The number of amides is 4. The van der Waals surface area contributed by atoms with Gasteiger partial charge in [0.15, 0.2) is 0 Å². The number of ether oxygens (including phenoxy) is 2. The van der Waals surface area contributed by atoms with Crippen LogP contribution >= 0.6 is 0 Å². The number of rotatable bonds is 8. The normalized spacial score (nSPS) is 22.3. The number of anilines is 5. The van der Waals surface area contributed by atoms with Crippen molar-refractivity contribution in [2.24, 2.45) is 0 Å². The molecule has 3 aliphatic heterocycles. The number of nitrogens with zero attached hydrogens (tertiary/aromatic N) is 3. The van der Waals surface area contributed by atoms with Crippen molar-refractivity contribution < 1.29 is 28.7 Å². The van der Waals surface area contributed by atoms with Crippen molar-refractivity contribution in [2.45, 2.75) is 153 Å². The fourth-order valence-electron chi connectivity index (χ4n) is 9.57. The second kappa shape index (κ2) is 17.9. The zero-order valence-electron chi connectivity index (χ0n) is 36.8. The molecule has 61 heavy (non-hydrogen) atoms. The highest BCUT2D eigenvalue weighted by Gasteiger charge is 2.40. The molecule has 0 unspecified atom stereocenters. The van der Waals surface area contributed by atoms with Crippen molar-refractivity contribution in [3.8, 4) is 0 Å². The second-order valence-corrected chi connectivity index (χ2v) is 19.3. The number of hydrogen-bond acceptors (Lipinski definition) is 9. The first-order valence-electron chi connectivity index (χ1n) is 22.2. The summed E-state index contributed by atoms with van der Waals surface area (Å²) in [6.45, 7) is 11.8. The van der Waals surface area contributed by atoms with Crippen LogP contribution in [0.4, 0.5) is 38.0 Å². The maximum Gasteiger partial charge on any atom is 0.410 e. The Balaban J connectivity index is 1.11. The molecule has 3 aromatic rings. The van der Waals surface area contributed by atoms with Gasteiger partial charge in [0.25, 0.3) is 0 Å². The molecule has 1 saturated carbocycles. The predicted octanol–water partition coefficient (Wildman–Crippen LogP) is 9.66. The van der Waals surface area contributed by atoms with Gasteiger partial charge in [-0.25, -0.2) is 9.59 Å². The molecule has 13 nitrogen and oxygen atoms in total. The van der Waals surface area contributed by atoms with Gasteiger partial charge in [-0.15, -0.1) is 0 Å². The van der Waals surface area contributed by atoms with Gasteiger partial charge in [-0.3, -0.25) is 19.4 Å². The van der Waals surface area contributed by atoms with E-state index in [1.54, 1.807) is 0 Å². The third-order valence-corrected chi connectivity index (χ3v) is 12.5. The number of likely N-dealkylation sites (tertiary alicyclic amines) is 2. The molecule has 4 fully saturated rings. The maximum absolute atomic E-state index is 13.6. The summed E-state index contributed by atoms with van der Waals surface area (Å²) in [7, 11) is 0. The highest BCUT2D eigenvalue weighted by molar-refractivity contribution is 6.00. The van der Waals surface area contributed by atoms with Gasteiger partial charge in [-0.05, 0) is 152 Å². The first-order valence-corrected chi connectivity index (χ1v) is 22.2. The summed E-state index contributed by atoms with van der Waals surface area (Å²) in [4.78, 5) is 58.4. The van der Waals surface area contributed by atoms with Gasteiger partial charge < -0.3 is 36.5 Å². The number of carbonyl (C=O) groups is 4. The molecule has 4 atom stereocenters. The number of nitrogens with one attached hydrogen (secondary N) is 2. The summed E-state index contributed by atoms with van der Waals surface area (Å²) in [5.74, 6) is 0.00693. The highest BCUT2D eigenvalue weighted by atomic mass is 16.6. The average Bonchev–Trinajstić information content (AvgIpc) is 3.99. The summed E-state index contributed by atoms with van der Waals surface area (Å²) in [5, 5.41) is 5.99. The van der Waals surface area contributed by atoms with Gasteiger partial charge >= 0.3 is 12.2 Å². The van der Waals surface area contributed by atoms with Gasteiger partial charge in [0.2, 0.25) is 11.8 Å². The molecule has 3 saturated heterocycles. The van der Waals surface area contributed by atoms with Crippen molar-refractivity contribution in [1.29, 1.82) is 0 Å². The van der Waals surface area contributed by atoms with E-state index in [0.717, 1.165) is 29.7 Å². The van der Waals surface area contributed by atoms with Crippen LogP contribution in [0, 0.1) is 0 Å². The van der Waals surface area contributed by atoms with Gasteiger partial charge in [0.05, 0.1) is 34.8 Å². The largest absolute Gasteiger partial charge is 0.444 e. The molecule has 0 bridgehead atoms. The predicted molar refractivity (Wildman–Crippen MR) is 240 cm³/mol. The third-order valence-electron chi connectivity index (χ3n) is 12.5. The molecule has 3 aromatic carbocycles. The van der Waals surface area contributed by atoms with E-state index in [2.05, 4.69) is 39.8 Å². The van der Waals surface area contributed by atoms with E-state index in [4.69, 9.17) is 20.9 Å². The minimum Gasteiger partial charge on any atom is -0.444 e. The minimum absolute atomic E-state index is 0.0307. The lowest BCUT2D eigenvalue weighted by Gasteiger charge is -2.34. The smallest absolute Gasteiger partial charge is 0.410 e. The first-order chi connectivity index (χ1) is 29.0. The van der Waals surface area contributed by atoms with Crippen molar-refractivity contribution >= 4 is 52.4 Å². The first kappa shape index (κ1) is 43.6. The fraction of sp³-hybridized carbons (Fsp3) is 0.542. The van der Waals surface area contributed by atoms with Crippen LogP contribution in [0.25, 0.3) is 0 Å². The SMILES string of the molecule is CC(C)(C)OC(=O)N1CCC[C@H]1C(=O)Nc1ccc([C@H]2CC[C@H](c3ccc(NC(=O)[C@@H]4CCCN4C(=O)OC(C)(C)C)c(N)c3)N2c2ccc(C3CCCCC3)cc2)cc1N. The molecule has 4 amide bonds. The Hall–Kier alpha value is -5.46. The van der Waals surface area contributed by atoms with E-state index in [0.29, 0.717) is 67.4 Å². The van der Waals surface area contributed by atoms with E-state index in [-0.39, 0.29) is 23.9 Å². The zero-order chi connectivity index (χ0) is 43.6. The van der Waals surface area contributed by atoms with Crippen molar-refractivity contribution in [3.05, 3.63) is 77.4 Å². The highest BCUT2D eigenvalue weighted by Crippen LogP contribution is 2.48. The van der Waals surface area contributed by atoms with E-state index in [9.17, 15) is 19.2 Å². The van der Waals surface area contributed by atoms with Gasteiger partial charge in [0, 0.05) is 18.8 Å². The number of nitrogen functional groups attached to an aromatic ring is 2. The van der Waals surface area contributed by atoms with Gasteiger partial charge in [-0.2, -0.15) is 0 Å². The Morgan fingerprint density at radius 2 is 0.984 bits per heavy atom. The summed E-state index contributed by atoms with van der Waals surface area (Å²) in [6, 6.07) is 19.4. The van der Waals surface area contributed by atoms with Crippen molar-refractivity contribution in [1.82, 2.24) is 9.80 Å². The molecular weight excluding hydrogens is 771 g/mol. The van der Waals surface area contributed by atoms with Crippen LogP contribution in [-0.2, 0) is 19.1 Å². The van der Waals surface area contributed by atoms with Crippen molar-refractivity contribution in [2.75, 3.05) is 40.1 Å². The molecule has 6 N–H and O–H groups in total.